The zero-order valence-corrected chi connectivity index (χ0v) is 13.6. The molecule has 122 valence electrons. The summed E-state index contributed by atoms with van der Waals surface area (Å²) in [5, 5.41) is 2.78. The average Bonchev–Trinajstić information content (AvgIpc) is 2.49. The molecular formula is C15H18ClF2NO2S. The summed E-state index contributed by atoms with van der Waals surface area (Å²) in [5.74, 6) is -2.96. The van der Waals surface area contributed by atoms with Crippen molar-refractivity contribution in [2.45, 2.75) is 48.9 Å². The van der Waals surface area contributed by atoms with Gasteiger partial charge < -0.3 is 10.1 Å². The van der Waals surface area contributed by atoms with Gasteiger partial charge in [-0.25, -0.2) is 0 Å². The van der Waals surface area contributed by atoms with Crippen LogP contribution in [0.4, 0.5) is 14.5 Å². The second-order valence-corrected chi connectivity index (χ2v) is 6.52. The van der Waals surface area contributed by atoms with Gasteiger partial charge in [-0.1, -0.05) is 48.7 Å². The molecule has 0 radical (unpaired) electrons. The van der Waals surface area contributed by atoms with Crippen LogP contribution in [0.5, 0.6) is 0 Å². The van der Waals surface area contributed by atoms with Gasteiger partial charge in [0.1, 0.15) is 6.61 Å². The number of amides is 1. The lowest BCUT2D eigenvalue weighted by Gasteiger charge is -2.21. The summed E-state index contributed by atoms with van der Waals surface area (Å²) in [7, 11) is 0. The van der Waals surface area contributed by atoms with Gasteiger partial charge in [0, 0.05) is 0 Å². The molecule has 0 aromatic heterocycles. The van der Waals surface area contributed by atoms with E-state index >= 15 is 0 Å². The first kappa shape index (κ1) is 17.5. The van der Waals surface area contributed by atoms with Gasteiger partial charge in [-0.2, -0.15) is 8.78 Å². The van der Waals surface area contributed by atoms with E-state index in [1.54, 1.807) is 12.1 Å². The Kier molecular flexibility index (Phi) is 6.92. The summed E-state index contributed by atoms with van der Waals surface area (Å²) >= 11 is 6.24. The number of halogens is 3. The first-order chi connectivity index (χ1) is 10.6. The normalized spacial score (nSPS) is 16.0. The molecule has 1 aliphatic rings. The summed E-state index contributed by atoms with van der Waals surface area (Å²) in [5.41, 5.74) is 0.287. The summed E-state index contributed by atoms with van der Waals surface area (Å²) in [6, 6.07) is 4.67. The quantitative estimate of drug-likeness (QED) is 0.739. The van der Waals surface area contributed by atoms with Crippen LogP contribution in [0.15, 0.2) is 23.1 Å². The van der Waals surface area contributed by atoms with Crippen molar-refractivity contribution < 1.29 is 18.3 Å². The number of benzene rings is 1. The molecule has 2 rings (SSSR count). The predicted octanol–water partition coefficient (Wildman–Crippen LogP) is 4.94. The standard InChI is InChI=1S/C15H18ClF2NO2S/c16-11-7-4-8-12(14(11)22-15(17)18)19-13(20)9-21-10-5-2-1-3-6-10/h4,7-8,10,15H,1-3,5-6,9H2,(H,19,20). The lowest BCUT2D eigenvalue weighted by molar-refractivity contribution is -0.123. The predicted molar refractivity (Wildman–Crippen MR) is 84.8 cm³/mol. The number of rotatable bonds is 6. The number of carbonyl (C=O) groups is 1. The van der Waals surface area contributed by atoms with Gasteiger partial charge in [-0.3, -0.25) is 4.79 Å². The third-order valence-electron chi connectivity index (χ3n) is 3.45. The van der Waals surface area contributed by atoms with E-state index in [-0.39, 0.29) is 34.2 Å². The van der Waals surface area contributed by atoms with Crippen LogP contribution in [-0.2, 0) is 9.53 Å². The minimum Gasteiger partial charge on any atom is -0.368 e. The number of ether oxygens (including phenoxy) is 1. The molecule has 0 heterocycles. The van der Waals surface area contributed by atoms with Crippen LogP contribution in [0.1, 0.15) is 32.1 Å². The van der Waals surface area contributed by atoms with E-state index in [9.17, 15) is 13.6 Å². The molecule has 0 bridgehead atoms. The molecule has 0 unspecified atom stereocenters. The summed E-state index contributed by atoms with van der Waals surface area (Å²) in [6.07, 6.45) is 5.51. The zero-order valence-electron chi connectivity index (χ0n) is 12.0. The Hall–Kier alpha value is -0.850. The zero-order chi connectivity index (χ0) is 15.9. The third kappa shape index (κ3) is 5.41. The van der Waals surface area contributed by atoms with Crippen molar-refractivity contribution in [1.29, 1.82) is 0 Å². The Balaban J connectivity index is 1.91. The highest BCUT2D eigenvalue weighted by molar-refractivity contribution is 7.99. The van der Waals surface area contributed by atoms with Crippen molar-refractivity contribution in [2.75, 3.05) is 11.9 Å². The SMILES string of the molecule is O=C(COC1CCCCC1)Nc1cccc(Cl)c1SC(F)F. The molecule has 0 aliphatic heterocycles. The topological polar surface area (TPSA) is 38.3 Å². The van der Waals surface area contributed by atoms with Crippen LogP contribution in [0.3, 0.4) is 0 Å². The van der Waals surface area contributed by atoms with Crippen molar-refractivity contribution in [1.82, 2.24) is 0 Å². The highest BCUT2D eigenvalue weighted by Crippen LogP contribution is 2.37. The van der Waals surface area contributed by atoms with E-state index in [0.29, 0.717) is 11.8 Å². The lowest BCUT2D eigenvalue weighted by Crippen LogP contribution is -2.25. The Morgan fingerprint density at radius 1 is 1.36 bits per heavy atom. The molecule has 7 heteroatoms. The molecule has 1 amide bonds. The molecule has 0 saturated heterocycles. The molecule has 0 spiro atoms. The highest BCUT2D eigenvalue weighted by atomic mass is 35.5. The molecule has 1 saturated carbocycles. The Morgan fingerprint density at radius 2 is 2.09 bits per heavy atom. The van der Waals surface area contributed by atoms with Gasteiger partial charge in [-0.05, 0) is 25.0 Å². The van der Waals surface area contributed by atoms with Crippen LogP contribution in [0.2, 0.25) is 5.02 Å². The van der Waals surface area contributed by atoms with Gasteiger partial charge in [0.2, 0.25) is 5.91 Å². The van der Waals surface area contributed by atoms with E-state index in [4.69, 9.17) is 16.3 Å². The highest BCUT2D eigenvalue weighted by Gasteiger charge is 2.18. The number of thioether (sulfide) groups is 1. The minimum atomic E-state index is -2.60. The van der Waals surface area contributed by atoms with Crippen molar-refractivity contribution >= 4 is 35.0 Å². The van der Waals surface area contributed by atoms with E-state index in [1.165, 1.54) is 12.5 Å². The maximum atomic E-state index is 12.6. The molecule has 1 aromatic rings. The van der Waals surface area contributed by atoms with Crippen LogP contribution in [0.25, 0.3) is 0 Å². The van der Waals surface area contributed by atoms with E-state index in [0.717, 1.165) is 25.7 Å². The number of alkyl halides is 2. The smallest absolute Gasteiger partial charge is 0.289 e. The fourth-order valence-corrected chi connectivity index (χ4v) is 3.34. The molecule has 0 atom stereocenters. The first-order valence-corrected chi connectivity index (χ1v) is 8.47. The maximum Gasteiger partial charge on any atom is 0.289 e. The molecule has 1 N–H and O–H groups in total. The Labute approximate surface area is 137 Å². The summed E-state index contributed by atoms with van der Waals surface area (Å²) < 4.78 is 30.7. The fourth-order valence-electron chi connectivity index (χ4n) is 2.43. The number of hydrogen-bond donors (Lipinski definition) is 1. The third-order valence-corrected chi connectivity index (χ3v) is 4.73. The van der Waals surface area contributed by atoms with Crippen molar-refractivity contribution in [2.24, 2.45) is 0 Å². The Morgan fingerprint density at radius 3 is 2.77 bits per heavy atom. The molecule has 1 aromatic carbocycles. The molecular weight excluding hydrogens is 332 g/mol. The summed E-state index contributed by atoms with van der Waals surface area (Å²) in [4.78, 5) is 12.1. The van der Waals surface area contributed by atoms with Crippen LogP contribution >= 0.6 is 23.4 Å². The van der Waals surface area contributed by atoms with Crippen LogP contribution in [-0.4, -0.2) is 24.4 Å². The number of carbonyl (C=O) groups excluding carboxylic acids is 1. The first-order valence-electron chi connectivity index (χ1n) is 7.21. The molecule has 1 fully saturated rings. The monoisotopic (exact) mass is 349 g/mol. The van der Waals surface area contributed by atoms with Crippen LogP contribution < -0.4 is 5.32 Å². The lowest BCUT2D eigenvalue weighted by atomic mass is 9.98. The van der Waals surface area contributed by atoms with Gasteiger partial charge >= 0.3 is 0 Å². The number of anilines is 1. The summed E-state index contributed by atoms with van der Waals surface area (Å²) in [6.45, 7) is -0.0734. The van der Waals surface area contributed by atoms with Crippen molar-refractivity contribution in [3.8, 4) is 0 Å². The van der Waals surface area contributed by atoms with Crippen molar-refractivity contribution in [3.05, 3.63) is 23.2 Å². The second kappa shape index (κ2) is 8.70. The van der Waals surface area contributed by atoms with Gasteiger partial charge in [0.15, 0.2) is 0 Å². The molecule has 22 heavy (non-hydrogen) atoms. The Bertz CT molecular complexity index is 510. The molecule has 1 aliphatic carbocycles. The van der Waals surface area contributed by atoms with Crippen molar-refractivity contribution in [3.63, 3.8) is 0 Å². The van der Waals surface area contributed by atoms with Crippen LogP contribution in [0, 0.1) is 0 Å². The van der Waals surface area contributed by atoms with Gasteiger partial charge in [-0.15, -0.1) is 0 Å². The van der Waals surface area contributed by atoms with E-state index in [2.05, 4.69) is 5.32 Å². The van der Waals surface area contributed by atoms with Gasteiger partial charge in [0.05, 0.1) is 21.7 Å². The van der Waals surface area contributed by atoms with E-state index in [1.807, 2.05) is 0 Å². The maximum absolute atomic E-state index is 12.6. The van der Waals surface area contributed by atoms with E-state index < -0.39 is 5.76 Å². The minimum absolute atomic E-state index is 0.0734. The number of nitrogens with one attached hydrogen (secondary N) is 1. The average molecular weight is 350 g/mol. The molecule has 3 nitrogen and oxygen atoms in total. The largest absolute Gasteiger partial charge is 0.368 e. The fraction of sp³-hybridized carbons (Fsp3) is 0.533. The second-order valence-electron chi connectivity index (χ2n) is 5.11. The number of hydrogen-bond acceptors (Lipinski definition) is 3. The van der Waals surface area contributed by atoms with Gasteiger partial charge in [0.25, 0.3) is 5.76 Å².